The molecule has 0 radical (unpaired) electrons. The minimum absolute atomic E-state index is 0.102. The second-order valence-corrected chi connectivity index (χ2v) is 11.2. The molecule has 0 aromatic heterocycles. The van der Waals surface area contributed by atoms with Gasteiger partial charge in [-0.05, 0) is 49.6 Å². The molecule has 8 nitrogen and oxygen atoms in total. The van der Waals surface area contributed by atoms with E-state index in [9.17, 15) is 14.7 Å². The third-order valence-electron chi connectivity index (χ3n) is 8.36. The summed E-state index contributed by atoms with van der Waals surface area (Å²) in [7, 11) is 1.87. The standard InChI is InChI=1S/C34H40N4O4/c1-3-4-19-31-36-29-17-11-12-18-30(29)38(31,37(2)34(41)35-27-15-9-6-10-16-27)24-25-20-22-28(23-21-25)42-32(33(39)40)26-13-7-5-8-14-26/h5,7-8,11-14,17-18,20-23,27,32H,3-4,6,9-10,15-16,19,24H2,1-2H3,(H-,35,39,40,41)/p+1. The molecule has 42 heavy (non-hydrogen) atoms. The summed E-state index contributed by atoms with van der Waals surface area (Å²) in [6.07, 6.45) is 7.17. The Labute approximate surface area is 248 Å². The van der Waals surface area contributed by atoms with Crippen molar-refractivity contribution in [3.63, 3.8) is 0 Å². The highest BCUT2D eigenvalue weighted by molar-refractivity contribution is 6.03. The van der Waals surface area contributed by atoms with Crippen LogP contribution in [0.3, 0.4) is 0 Å². The molecule has 1 aliphatic heterocycles. The van der Waals surface area contributed by atoms with Crippen LogP contribution in [0.5, 0.6) is 5.75 Å². The molecule has 0 spiro atoms. The maximum absolute atomic E-state index is 13.9. The number of nitrogens with zero attached hydrogens (tertiary/aromatic N) is 3. The maximum Gasteiger partial charge on any atom is 0.362 e. The summed E-state index contributed by atoms with van der Waals surface area (Å²) in [5, 5.41) is 14.9. The number of quaternary nitrogens is 1. The molecule has 3 aromatic rings. The fourth-order valence-electron chi connectivity index (χ4n) is 6.06. The highest BCUT2D eigenvalue weighted by Gasteiger charge is 2.50. The third-order valence-corrected chi connectivity index (χ3v) is 8.36. The number of nitrogens with one attached hydrogen (secondary N) is 1. The van der Waals surface area contributed by atoms with Crippen LogP contribution in [0.25, 0.3) is 0 Å². The van der Waals surface area contributed by atoms with E-state index in [4.69, 9.17) is 9.73 Å². The molecule has 1 fully saturated rings. The van der Waals surface area contributed by atoms with Crippen molar-refractivity contribution in [3.8, 4) is 5.75 Å². The van der Waals surface area contributed by atoms with Crippen LogP contribution in [-0.4, -0.2) is 41.0 Å². The van der Waals surface area contributed by atoms with Crippen LogP contribution in [0.4, 0.5) is 16.2 Å². The number of hydrogen-bond acceptors (Lipinski definition) is 4. The lowest BCUT2D eigenvalue weighted by Gasteiger charge is -2.41. The molecule has 220 valence electrons. The van der Waals surface area contributed by atoms with Crippen LogP contribution >= 0.6 is 0 Å². The van der Waals surface area contributed by atoms with Crippen LogP contribution in [0.2, 0.25) is 0 Å². The predicted octanol–water partition coefficient (Wildman–Crippen LogP) is 7.52. The molecule has 3 aromatic carbocycles. The third kappa shape index (κ3) is 6.19. The molecule has 1 heterocycles. The van der Waals surface area contributed by atoms with Gasteiger partial charge in [0.25, 0.3) is 0 Å². The number of amides is 2. The van der Waals surface area contributed by atoms with Crippen LogP contribution < -0.4 is 14.6 Å². The monoisotopic (exact) mass is 569 g/mol. The largest absolute Gasteiger partial charge is 0.478 e. The quantitative estimate of drug-likeness (QED) is 0.234. The fraction of sp³-hybridized carbons (Fsp3) is 0.382. The van der Waals surface area contributed by atoms with Gasteiger partial charge in [0, 0.05) is 29.7 Å². The lowest BCUT2D eigenvalue weighted by Crippen LogP contribution is -2.66. The summed E-state index contributed by atoms with van der Waals surface area (Å²) in [4.78, 5) is 30.9. The first kappa shape index (κ1) is 29.3. The Bertz CT molecular complexity index is 1400. The van der Waals surface area contributed by atoms with Crippen molar-refractivity contribution in [3.05, 3.63) is 90.0 Å². The summed E-state index contributed by atoms with van der Waals surface area (Å²) in [6, 6.07) is 24.6. The van der Waals surface area contributed by atoms with E-state index < -0.39 is 12.1 Å². The van der Waals surface area contributed by atoms with Gasteiger partial charge in [0.15, 0.2) is 5.69 Å². The SMILES string of the molecule is CCCCC1=Nc2ccccc2[N+]1(Cc1ccc(OC(C(=O)O)c2ccccc2)cc1)N(C)C(=O)NC1CCCCC1. The zero-order valence-electron chi connectivity index (χ0n) is 24.5. The Morgan fingerprint density at radius 1 is 1.00 bits per heavy atom. The molecule has 0 bridgehead atoms. The second-order valence-electron chi connectivity index (χ2n) is 11.2. The number of aliphatic carboxylic acids is 1. The number of fused-ring (bicyclic) bond motifs is 1. The smallest absolute Gasteiger partial charge is 0.362 e. The number of unbranched alkanes of at least 4 members (excludes halogenated alkanes) is 1. The molecular formula is C34H41N4O4+. The highest BCUT2D eigenvalue weighted by atomic mass is 16.5. The first-order chi connectivity index (χ1) is 20.4. The fourth-order valence-corrected chi connectivity index (χ4v) is 6.06. The van der Waals surface area contributed by atoms with Gasteiger partial charge in [-0.2, -0.15) is 10.0 Å². The average Bonchev–Trinajstić information content (AvgIpc) is 3.33. The summed E-state index contributed by atoms with van der Waals surface area (Å²) < 4.78 is 6.10. The predicted molar refractivity (Wildman–Crippen MR) is 166 cm³/mol. The van der Waals surface area contributed by atoms with E-state index in [0.717, 1.165) is 67.7 Å². The van der Waals surface area contributed by atoms with Crippen molar-refractivity contribution in [1.29, 1.82) is 0 Å². The summed E-state index contributed by atoms with van der Waals surface area (Å²) in [6.45, 7) is 2.64. The van der Waals surface area contributed by atoms with Gasteiger partial charge in [-0.25, -0.2) is 9.59 Å². The topological polar surface area (TPSA) is 91.2 Å². The Balaban J connectivity index is 1.45. The first-order valence-electron chi connectivity index (χ1n) is 15.1. The van der Waals surface area contributed by atoms with E-state index in [0.29, 0.717) is 17.9 Å². The highest BCUT2D eigenvalue weighted by Crippen LogP contribution is 2.44. The second kappa shape index (κ2) is 13.2. The molecule has 2 amide bonds. The van der Waals surface area contributed by atoms with E-state index in [1.807, 2.05) is 48.5 Å². The molecule has 2 aliphatic rings. The van der Waals surface area contributed by atoms with Crippen LogP contribution in [-0.2, 0) is 11.3 Å². The van der Waals surface area contributed by atoms with Crippen LogP contribution in [0, 0.1) is 0 Å². The molecule has 1 saturated carbocycles. The number of carbonyl (C=O) groups excluding carboxylic acids is 1. The minimum atomic E-state index is -1.11. The van der Waals surface area contributed by atoms with E-state index in [1.165, 1.54) is 6.42 Å². The number of benzene rings is 3. The summed E-state index contributed by atoms with van der Waals surface area (Å²) >= 11 is 0. The van der Waals surface area contributed by atoms with Crippen molar-refractivity contribution in [2.24, 2.45) is 4.99 Å². The number of carboxylic acid groups (broad SMARTS) is 1. The first-order valence-corrected chi connectivity index (χ1v) is 15.1. The van der Waals surface area contributed by atoms with Gasteiger partial charge < -0.3 is 15.2 Å². The van der Waals surface area contributed by atoms with Gasteiger partial charge in [0.1, 0.15) is 18.0 Å². The normalized spacial score (nSPS) is 19.0. The zero-order valence-corrected chi connectivity index (χ0v) is 24.5. The van der Waals surface area contributed by atoms with Gasteiger partial charge in [0.2, 0.25) is 11.9 Å². The Hall–Kier alpha value is -4.17. The van der Waals surface area contributed by atoms with Gasteiger partial charge in [-0.15, -0.1) is 4.59 Å². The zero-order chi connectivity index (χ0) is 29.5. The van der Waals surface area contributed by atoms with Crippen molar-refractivity contribution < 1.29 is 19.4 Å². The number of aliphatic imine (C=N–C) groups is 1. The van der Waals surface area contributed by atoms with E-state index in [2.05, 4.69) is 18.3 Å². The number of rotatable bonds is 11. The molecule has 2 N–H and O–H groups in total. The Morgan fingerprint density at radius 2 is 1.69 bits per heavy atom. The van der Waals surface area contributed by atoms with Gasteiger partial charge in [0.05, 0.1) is 7.05 Å². The molecule has 8 heteroatoms. The Morgan fingerprint density at radius 3 is 2.38 bits per heavy atom. The molecule has 5 rings (SSSR count). The van der Waals surface area contributed by atoms with E-state index in [1.54, 1.807) is 36.4 Å². The van der Waals surface area contributed by atoms with E-state index in [-0.39, 0.29) is 16.7 Å². The van der Waals surface area contributed by atoms with Gasteiger partial charge in [-0.3, -0.25) is 0 Å². The van der Waals surface area contributed by atoms with Crippen LogP contribution in [0.15, 0.2) is 83.9 Å². The number of urea groups is 1. The van der Waals surface area contributed by atoms with Crippen molar-refractivity contribution in [1.82, 2.24) is 14.9 Å². The molecule has 0 saturated heterocycles. The minimum Gasteiger partial charge on any atom is -0.478 e. The summed E-state index contributed by atoms with van der Waals surface area (Å²) in [5.74, 6) is 0.354. The Kier molecular flexibility index (Phi) is 9.22. The molecule has 2 unspecified atom stereocenters. The summed E-state index contributed by atoms with van der Waals surface area (Å²) in [5.41, 5.74) is 3.41. The number of para-hydroxylation sites is 2. The van der Waals surface area contributed by atoms with E-state index >= 15 is 0 Å². The van der Waals surface area contributed by atoms with Crippen LogP contribution in [0.1, 0.15) is 75.5 Å². The van der Waals surface area contributed by atoms with Crippen molar-refractivity contribution in [2.75, 3.05) is 7.05 Å². The molecule has 1 aliphatic carbocycles. The number of hydrogen-bond donors (Lipinski definition) is 2. The molecule has 2 atom stereocenters. The number of carboxylic acids is 1. The molecular weight excluding hydrogens is 528 g/mol. The lowest BCUT2D eigenvalue weighted by molar-refractivity contribution is -0.145. The number of carbonyl (C=O) groups is 2. The lowest BCUT2D eigenvalue weighted by atomic mass is 9.96. The number of amidine groups is 1. The van der Waals surface area contributed by atoms with Gasteiger partial charge >= 0.3 is 12.0 Å². The maximum atomic E-state index is 13.9. The average molecular weight is 570 g/mol. The van der Waals surface area contributed by atoms with Gasteiger partial charge in [-0.1, -0.05) is 75.1 Å². The van der Waals surface area contributed by atoms with Crippen molar-refractivity contribution >= 4 is 29.2 Å². The number of ether oxygens (including phenoxy) is 1. The van der Waals surface area contributed by atoms with Crippen molar-refractivity contribution in [2.45, 2.75) is 77.0 Å².